The molecule has 2 rings (SSSR count). The van der Waals surface area contributed by atoms with Crippen LogP contribution in [0.4, 0.5) is 5.82 Å². The van der Waals surface area contributed by atoms with Gasteiger partial charge in [0, 0.05) is 37.9 Å². The molecule has 0 radical (unpaired) electrons. The lowest BCUT2D eigenvalue weighted by Crippen LogP contribution is -2.41. The minimum absolute atomic E-state index is 0.0219. The van der Waals surface area contributed by atoms with Crippen molar-refractivity contribution >= 4 is 12.1 Å². The Hall–Kier alpha value is -1.65. The van der Waals surface area contributed by atoms with E-state index >= 15 is 0 Å². The Labute approximate surface area is 113 Å². The van der Waals surface area contributed by atoms with Crippen molar-refractivity contribution in [3.8, 4) is 0 Å². The number of hydrogen-bond donors (Lipinski definition) is 0. The van der Waals surface area contributed by atoms with Crippen LogP contribution < -0.4 is 10.5 Å². The largest absolute Gasteiger partial charge is 0.351 e. The van der Waals surface area contributed by atoms with Crippen molar-refractivity contribution in [1.82, 2.24) is 9.55 Å². The number of piperidine rings is 1. The van der Waals surface area contributed by atoms with Gasteiger partial charge in [0.15, 0.2) is 5.82 Å². The number of aromatic nitrogens is 2. The van der Waals surface area contributed by atoms with Gasteiger partial charge in [-0.3, -0.25) is 4.79 Å². The Kier molecular flexibility index (Phi) is 4.35. The zero-order chi connectivity index (χ0) is 13.8. The van der Waals surface area contributed by atoms with Crippen molar-refractivity contribution < 1.29 is 4.79 Å². The molecule has 104 valence electrons. The molecule has 1 aromatic rings. The third-order valence-corrected chi connectivity index (χ3v) is 3.41. The molecule has 1 atom stereocenters. The first-order chi connectivity index (χ1) is 9.11. The first-order valence-electron chi connectivity index (χ1n) is 6.87. The highest BCUT2D eigenvalue weighted by Crippen LogP contribution is 2.17. The molecule has 5 heteroatoms. The Bertz CT molecular complexity index is 496. The minimum Gasteiger partial charge on any atom is -0.351 e. The first kappa shape index (κ1) is 13.8. The van der Waals surface area contributed by atoms with Crippen molar-refractivity contribution in [3.05, 3.63) is 22.7 Å². The van der Waals surface area contributed by atoms with E-state index in [1.807, 2.05) is 4.90 Å². The van der Waals surface area contributed by atoms with E-state index in [4.69, 9.17) is 0 Å². The summed E-state index contributed by atoms with van der Waals surface area (Å²) in [7, 11) is 0. The maximum Gasteiger partial charge on any atom is 0.293 e. The van der Waals surface area contributed by atoms with Gasteiger partial charge in [0.05, 0.1) is 0 Å². The molecule has 5 nitrogen and oxygen atoms in total. The van der Waals surface area contributed by atoms with Crippen LogP contribution in [0.2, 0.25) is 0 Å². The van der Waals surface area contributed by atoms with Crippen LogP contribution in [-0.2, 0) is 11.3 Å². The molecule has 1 aliphatic rings. The lowest BCUT2D eigenvalue weighted by molar-refractivity contribution is -0.111. The summed E-state index contributed by atoms with van der Waals surface area (Å²) in [6.07, 6.45) is 6.23. The highest BCUT2D eigenvalue weighted by atomic mass is 16.1. The van der Waals surface area contributed by atoms with Crippen molar-refractivity contribution in [2.75, 3.05) is 18.0 Å². The summed E-state index contributed by atoms with van der Waals surface area (Å²) in [5.74, 6) is 0.917. The van der Waals surface area contributed by atoms with E-state index in [1.165, 1.54) is 0 Å². The quantitative estimate of drug-likeness (QED) is 0.769. The van der Waals surface area contributed by atoms with Gasteiger partial charge in [-0.25, -0.2) is 4.98 Å². The highest BCUT2D eigenvalue weighted by molar-refractivity contribution is 5.56. The highest BCUT2D eigenvalue weighted by Gasteiger charge is 2.22. The van der Waals surface area contributed by atoms with Crippen LogP contribution in [0.3, 0.4) is 0 Å². The summed E-state index contributed by atoms with van der Waals surface area (Å²) in [4.78, 5) is 29.4. The van der Waals surface area contributed by atoms with E-state index in [1.54, 1.807) is 17.0 Å². The van der Waals surface area contributed by atoms with Crippen molar-refractivity contribution in [2.45, 2.75) is 33.2 Å². The number of carbonyl (C=O) groups is 1. The second-order valence-corrected chi connectivity index (χ2v) is 5.59. The summed E-state index contributed by atoms with van der Waals surface area (Å²) < 4.78 is 1.71. The fourth-order valence-corrected chi connectivity index (χ4v) is 2.50. The summed E-state index contributed by atoms with van der Waals surface area (Å²) in [5, 5.41) is 0. The summed E-state index contributed by atoms with van der Waals surface area (Å²) in [6, 6.07) is 0. The van der Waals surface area contributed by atoms with E-state index < -0.39 is 0 Å². The fourth-order valence-electron chi connectivity index (χ4n) is 2.50. The molecule has 0 aromatic carbocycles. The Morgan fingerprint density at radius 2 is 2.32 bits per heavy atom. The van der Waals surface area contributed by atoms with Crippen molar-refractivity contribution in [1.29, 1.82) is 0 Å². The lowest BCUT2D eigenvalue weighted by Gasteiger charge is -2.30. The number of rotatable bonds is 4. The zero-order valence-electron chi connectivity index (χ0n) is 11.6. The smallest absolute Gasteiger partial charge is 0.293 e. The Balaban J connectivity index is 2.24. The molecule has 0 N–H and O–H groups in total. The van der Waals surface area contributed by atoms with Gasteiger partial charge in [0.1, 0.15) is 6.29 Å². The van der Waals surface area contributed by atoms with Gasteiger partial charge in [-0.15, -0.1) is 0 Å². The molecule has 0 aliphatic carbocycles. The minimum atomic E-state index is -0.0530. The monoisotopic (exact) mass is 263 g/mol. The lowest BCUT2D eigenvalue weighted by atomic mass is 10.00. The molecule has 1 aromatic heterocycles. The molecule has 19 heavy (non-hydrogen) atoms. The standard InChI is InChI=1S/C14H21N3O2/c1-11(2)8-17-7-5-15-13(14(17)19)16-6-3-4-12(9-16)10-18/h5,7,10-12H,3-4,6,8-9H2,1-2H3. The Morgan fingerprint density at radius 3 is 3.00 bits per heavy atom. The Morgan fingerprint density at radius 1 is 1.53 bits per heavy atom. The number of aldehydes is 1. The number of anilines is 1. The van der Waals surface area contributed by atoms with E-state index in [0.29, 0.717) is 24.8 Å². The average Bonchev–Trinajstić information content (AvgIpc) is 2.41. The van der Waals surface area contributed by atoms with Crippen LogP contribution in [0, 0.1) is 11.8 Å². The molecule has 0 bridgehead atoms. The maximum atomic E-state index is 12.4. The number of carbonyl (C=O) groups excluding carboxylic acids is 1. The average molecular weight is 263 g/mol. The number of hydrogen-bond acceptors (Lipinski definition) is 4. The molecule has 1 saturated heterocycles. The van der Waals surface area contributed by atoms with Crippen LogP contribution in [0.25, 0.3) is 0 Å². The van der Waals surface area contributed by atoms with Crippen LogP contribution in [-0.4, -0.2) is 28.9 Å². The van der Waals surface area contributed by atoms with E-state index in [2.05, 4.69) is 18.8 Å². The molecule has 2 heterocycles. The van der Waals surface area contributed by atoms with Gasteiger partial charge in [-0.1, -0.05) is 13.8 Å². The normalized spacial score (nSPS) is 19.7. The van der Waals surface area contributed by atoms with Gasteiger partial charge < -0.3 is 14.3 Å². The number of nitrogens with zero attached hydrogens (tertiary/aromatic N) is 3. The van der Waals surface area contributed by atoms with Gasteiger partial charge in [0.25, 0.3) is 5.56 Å². The summed E-state index contributed by atoms with van der Waals surface area (Å²) in [5.41, 5.74) is -0.0530. The SMILES string of the molecule is CC(C)Cn1ccnc(N2CCCC(C=O)C2)c1=O. The second kappa shape index (κ2) is 5.99. The van der Waals surface area contributed by atoms with E-state index in [-0.39, 0.29) is 11.5 Å². The molecule has 1 fully saturated rings. The first-order valence-corrected chi connectivity index (χ1v) is 6.87. The van der Waals surface area contributed by atoms with E-state index in [9.17, 15) is 9.59 Å². The fraction of sp³-hybridized carbons (Fsp3) is 0.643. The molecule has 1 unspecified atom stereocenters. The van der Waals surface area contributed by atoms with Gasteiger partial charge in [-0.05, 0) is 18.8 Å². The van der Waals surface area contributed by atoms with Crippen molar-refractivity contribution in [2.24, 2.45) is 11.8 Å². The molecule has 0 saturated carbocycles. The van der Waals surface area contributed by atoms with Crippen LogP contribution >= 0.6 is 0 Å². The third-order valence-electron chi connectivity index (χ3n) is 3.41. The topological polar surface area (TPSA) is 55.2 Å². The predicted molar refractivity (Wildman–Crippen MR) is 74.3 cm³/mol. The summed E-state index contributed by atoms with van der Waals surface area (Å²) in [6.45, 7) is 6.26. The van der Waals surface area contributed by atoms with E-state index in [0.717, 1.165) is 25.7 Å². The van der Waals surface area contributed by atoms with Crippen molar-refractivity contribution in [3.63, 3.8) is 0 Å². The molecule has 1 aliphatic heterocycles. The third kappa shape index (κ3) is 3.22. The van der Waals surface area contributed by atoms with Crippen LogP contribution in [0.15, 0.2) is 17.2 Å². The summed E-state index contributed by atoms with van der Waals surface area (Å²) >= 11 is 0. The molecular weight excluding hydrogens is 242 g/mol. The van der Waals surface area contributed by atoms with Gasteiger partial charge in [-0.2, -0.15) is 0 Å². The van der Waals surface area contributed by atoms with Gasteiger partial charge >= 0.3 is 0 Å². The van der Waals surface area contributed by atoms with Gasteiger partial charge in [0.2, 0.25) is 0 Å². The van der Waals surface area contributed by atoms with Crippen LogP contribution in [0.5, 0.6) is 0 Å². The molecule has 0 amide bonds. The molecule has 0 spiro atoms. The van der Waals surface area contributed by atoms with Crippen LogP contribution in [0.1, 0.15) is 26.7 Å². The maximum absolute atomic E-state index is 12.4. The zero-order valence-corrected chi connectivity index (χ0v) is 11.6. The predicted octanol–water partition coefficient (Wildman–Crippen LogP) is 1.31. The molecular formula is C14H21N3O2. The second-order valence-electron chi connectivity index (χ2n) is 5.59.